The second-order valence-corrected chi connectivity index (χ2v) is 3.96. The standard InChI is InChI=1S/C14H22/c1-4-7-13-10-9-12(6-3)11-14(13)8-5-2/h9-11H,4-8H2,1-3H3. The van der Waals surface area contributed by atoms with Crippen molar-refractivity contribution in [2.75, 3.05) is 0 Å². The van der Waals surface area contributed by atoms with Gasteiger partial charge in [0.1, 0.15) is 0 Å². The highest BCUT2D eigenvalue weighted by Crippen LogP contribution is 2.16. The van der Waals surface area contributed by atoms with Crippen LogP contribution in [0.25, 0.3) is 0 Å². The van der Waals surface area contributed by atoms with Gasteiger partial charge in [0.25, 0.3) is 0 Å². The molecule has 14 heavy (non-hydrogen) atoms. The zero-order valence-corrected chi connectivity index (χ0v) is 9.77. The Balaban J connectivity index is 2.91. The summed E-state index contributed by atoms with van der Waals surface area (Å²) < 4.78 is 0. The van der Waals surface area contributed by atoms with Crippen LogP contribution >= 0.6 is 0 Å². The van der Waals surface area contributed by atoms with Crippen molar-refractivity contribution in [3.63, 3.8) is 0 Å². The smallest absolute Gasteiger partial charge is 0.0279 e. The Hall–Kier alpha value is -0.780. The van der Waals surface area contributed by atoms with Gasteiger partial charge in [0.2, 0.25) is 0 Å². The quantitative estimate of drug-likeness (QED) is 0.654. The van der Waals surface area contributed by atoms with Crippen molar-refractivity contribution in [2.24, 2.45) is 0 Å². The van der Waals surface area contributed by atoms with E-state index in [0.717, 1.165) is 6.42 Å². The first-order chi connectivity index (χ1) is 6.81. The molecular formula is C14H22. The molecule has 1 aromatic rings. The first kappa shape index (κ1) is 11.3. The summed E-state index contributed by atoms with van der Waals surface area (Å²) in [4.78, 5) is 0. The molecule has 0 N–H and O–H groups in total. The van der Waals surface area contributed by atoms with E-state index in [1.807, 2.05) is 0 Å². The van der Waals surface area contributed by atoms with Crippen molar-refractivity contribution in [3.8, 4) is 0 Å². The number of hydrogen-bond donors (Lipinski definition) is 0. The molecule has 0 heterocycles. The highest BCUT2D eigenvalue weighted by atomic mass is 14.1. The zero-order valence-electron chi connectivity index (χ0n) is 9.77. The number of benzene rings is 1. The average Bonchev–Trinajstić information content (AvgIpc) is 2.21. The summed E-state index contributed by atoms with van der Waals surface area (Å²) in [7, 11) is 0. The molecule has 0 saturated heterocycles. The van der Waals surface area contributed by atoms with Gasteiger partial charge in [-0.3, -0.25) is 0 Å². The maximum Gasteiger partial charge on any atom is -0.0279 e. The second kappa shape index (κ2) is 5.85. The summed E-state index contributed by atoms with van der Waals surface area (Å²) in [5.41, 5.74) is 4.62. The van der Waals surface area contributed by atoms with Gasteiger partial charge in [-0.15, -0.1) is 0 Å². The molecule has 0 radical (unpaired) electrons. The van der Waals surface area contributed by atoms with Crippen molar-refractivity contribution < 1.29 is 0 Å². The van der Waals surface area contributed by atoms with E-state index in [1.54, 1.807) is 11.1 Å². The molecule has 0 aliphatic carbocycles. The second-order valence-electron chi connectivity index (χ2n) is 3.96. The minimum atomic E-state index is 1.16. The van der Waals surface area contributed by atoms with Crippen LogP contribution in [-0.2, 0) is 19.3 Å². The van der Waals surface area contributed by atoms with Gasteiger partial charge in [0.15, 0.2) is 0 Å². The minimum absolute atomic E-state index is 1.16. The Kier molecular flexibility index (Phi) is 4.72. The zero-order chi connectivity index (χ0) is 10.4. The predicted molar refractivity (Wildman–Crippen MR) is 63.8 cm³/mol. The number of rotatable bonds is 5. The van der Waals surface area contributed by atoms with Crippen molar-refractivity contribution in [1.82, 2.24) is 0 Å². The highest BCUT2D eigenvalue weighted by molar-refractivity contribution is 5.32. The fourth-order valence-corrected chi connectivity index (χ4v) is 1.91. The predicted octanol–water partition coefficient (Wildman–Crippen LogP) is 4.15. The molecule has 0 aliphatic heterocycles. The van der Waals surface area contributed by atoms with Crippen LogP contribution in [0.5, 0.6) is 0 Å². The van der Waals surface area contributed by atoms with Crippen LogP contribution in [0.2, 0.25) is 0 Å². The molecule has 0 saturated carbocycles. The molecule has 0 unspecified atom stereocenters. The van der Waals surface area contributed by atoms with E-state index in [4.69, 9.17) is 0 Å². The van der Waals surface area contributed by atoms with E-state index in [0.29, 0.717) is 0 Å². The Morgan fingerprint density at radius 3 is 2.07 bits per heavy atom. The molecule has 1 rings (SSSR count). The summed E-state index contributed by atoms with van der Waals surface area (Å²) in [5, 5.41) is 0. The number of aryl methyl sites for hydroxylation is 3. The number of hydrogen-bond acceptors (Lipinski definition) is 0. The summed E-state index contributed by atoms with van der Waals surface area (Å²) in [6.45, 7) is 6.74. The maximum absolute atomic E-state index is 2.40. The Morgan fingerprint density at radius 1 is 0.857 bits per heavy atom. The lowest BCUT2D eigenvalue weighted by molar-refractivity contribution is 0.857. The van der Waals surface area contributed by atoms with Crippen LogP contribution in [0.1, 0.15) is 50.3 Å². The third-order valence-electron chi connectivity index (χ3n) is 2.72. The summed E-state index contributed by atoms with van der Waals surface area (Å²) in [5.74, 6) is 0. The van der Waals surface area contributed by atoms with Gasteiger partial charge in [-0.1, -0.05) is 51.8 Å². The lowest BCUT2D eigenvalue weighted by atomic mass is 9.96. The first-order valence-electron chi connectivity index (χ1n) is 5.92. The third kappa shape index (κ3) is 2.87. The molecule has 78 valence electrons. The topological polar surface area (TPSA) is 0 Å². The Labute approximate surface area is 88.4 Å². The van der Waals surface area contributed by atoms with Crippen LogP contribution in [0, 0.1) is 0 Å². The molecule has 0 heteroatoms. The van der Waals surface area contributed by atoms with Crippen molar-refractivity contribution in [2.45, 2.75) is 52.9 Å². The van der Waals surface area contributed by atoms with Crippen LogP contribution in [-0.4, -0.2) is 0 Å². The summed E-state index contributed by atoms with van der Waals surface area (Å²) in [6, 6.07) is 7.01. The van der Waals surface area contributed by atoms with Crippen LogP contribution < -0.4 is 0 Å². The van der Waals surface area contributed by atoms with E-state index in [1.165, 1.54) is 31.2 Å². The molecule has 0 fully saturated rings. The maximum atomic E-state index is 2.40. The molecule has 0 aliphatic rings. The van der Waals surface area contributed by atoms with E-state index in [2.05, 4.69) is 39.0 Å². The van der Waals surface area contributed by atoms with E-state index in [-0.39, 0.29) is 0 Å². The lowest BCUT2D eigenvalue weighted by Crippen LogP contribution is -1.95. The average molecular weight is 190 g/mol. The monoisotopic (exact) mass is 190 g/mol. The van der Waals surface area contributed by atoms with Gasteiger partial charge < -0.3 is 0 Å². The van der Waals surface area contributed by atoms with Crippen molar-refractivity contribution in [3.05, 3.63) is 34.9 Å². The molecule has 0 spiro atoms. The summed E-state index contributed by atoms with van der Waals surface area (Å²) >= 11 is 0. The van der Waals surface area contributed by atoms with E-state index in [9.17, 15) is 0 Å². The van der Waals surface area contributed by atoms with Gasteiger partial charge in [0, 0.05) is 0 Å². The van der Waals surface area contributed by atoms with Crippen molar-refractivity contribution in [1.29, 1.82) is 0 Å². The van der Waals surface area contributed by atoms with Gasteiger partial charge in [-0.05, 0) is 36.0 Å². The Morgan fingerprint density at radius 2 is 1.50 bits per heavy atom. The molecular weight excluding hydrogens is 168 g/mol. The third-order valence-corrected chi connectivity index (χ3v) is 2.72. The van der Waals surface area contributed by atoms with E-state index < -0.39 is 0 Å². The SMILES string of the molecule is CCCc1ccc(CC)cc1CCC. The first-order valence-corrected chi connectivity index (χ1v) is 5.92. The van der Waals surface area contributed by atoms with Gasteiger partial charge in [-0.25, -0.2) is 0 Å². The normalized spacial score (nSPS) is 10.5. The fourth-order valence-electron chi connectivity index (χ4n) is 1.91. The largest absolute Gasteiger partial charge is 0.0651 e. The molecule has 0 bridgehead atoms. The molecule has 1 aromatic carbocycles. The highest BCUT2D eigenvalue weighted by Gasteiger charge is 2.01. The molecule has 0 nitrogen and oxygen atoms in total. The van der Waals surface area contributed by atoms with Gasteiger partial charge in [-0.2, -0.15) is 0 Å². The fraction of sp³-hybridized carbons (Fsp3) is 0.571. The van der Waals surface area contributed by atoms with Crippen LogP contribution in [0.3, 0.4) is 0 Å². The van der Waals surface area contributed by atoms with Crippen LogP contribution in [0.4, 0.5) is 0 Å². The van der Waals surface area contributed by atoms with Crippen molar-refractivity contribution >= 4 is 0 Å². The van der Waals surface area contributed by atoms with Gasteiger partial charge >= 0.3 is 0 Å². The minimum Gasteiger partial charge on any atom is -0.0651 e. The van der Waals surface area contributed by atoms with Gasteiger partial charge in [0.05, 0.1) is 0 Å². The Bertz CT molecular complexity index is 273. The lowest BCUT2D eigenvalue weighted by Gasteiger charge is -2.09. The van der Waals surface area contributed by atoms with E-state index >= 15 is 0 Å². The van der Waals surface area contributed by atoms with Crippen LogP contribution in [0.15, 0.2) is 18.2 Å². The molecule has 0 aromatic heterocycles. The molecule has 0 atom stereocenters. The summed E-state index contributed by atoms with van der Waals surface area (Å²) in [6.07, 6.45) is 6.14. The molecule has 0 amide bonds.